The maximum atomic E-state index is 12.1. The molecule has 0 aliphatic carbocycles. The molecule has 3 N–H and O–H groups in total. The second-order valence-corrected chi connectivity index (χ2v) is 4.94. The van der Waals surface area contributed by atoms with Crippen LogP contribution in [0.15, 0.2) is 30.5 Å². The summed E-state index contributed by atoms with van der Waals surface area (Å²) in [5.74, 6) is -0.933. The van der Waals surface area contributed by atoms with E-state index in [4.69, 9.17) is 5.11 Å². The number of H-pyrrole nitrogens is 1. The summed E-state index contributed by atoms with van der Waals surface area (Å²) in [5.41, 5.74) is 1.61. The van der Waals surface area contributed by atoms with Crippen LogP contribution < -0.4 is 5.32 Å². The number of aromatic nitrogens is 1. The molecule has 1 aromatic heterocycles. The number of aromatic amines is 1. The van der Waals surface area contributed by atoms with Crippen molar-refractivity contribution >= 4 is 22.8 Å². The van der Waals surface area contributed by atoms with Crippen LogP contribution in [-0.2, 0) is 4.79 Å². The van der Waals surface area contributed by atoms with Crippen molar-refractivity contribution in [3.63, 3.8) is 0 Å². The van der Waals surface area contributed by atoms with Crippen molar-refractivity contribution in [2.45, 2.75) is 32.2 Å². The largest absolute Gasteiger partial charge is 0.481 e. The van der Waals surface area contributed by atoms with E-state index < -0.39 is 5.97 Å². The quantitative estimate of drug-likeness (QED) is 0.757. The number of benzene rings is 1. The van der Waals surface area contributed by atoms with Crippen molar-refractivity contribution in [1.82, 2.24) is 10.3 Å². The molecular formula is C15H18N2O3. The van der Waals surface area contributed by atoms with Crippen molar-refractivity contribution in [3.05, 3.63) is 36.0 Å². The number of carbonyl (C=O) groups is 2. The molecule has 106 valence electrons. The Morgan fingerprint density at radius 3 is 2.90 bits per heavy atom. The van der Waals surface area contributed by atoms with Gasteiger partial charge in [0.2, 0.25) is 0 Å². The highest BCUT2D eigenvalue weighted by Crippen LogP contribution is 2.14. The fourth-order valence-electron chi connectivity index (χ4n) is 2.13. The lowest BCUT2D eigenvalue weighted by Gasteiger charge is -2.13. The molecule has 1 heterocycles. The molecule has 0 bridgehead atoms. The van der Waals surface area contributed by atoms with Gasteiger partial charge in [-0.1, -0.05) is 0 Å². The predicted molar refractivity (Wildman–Crippen MR) is 76.7 cm³/mol. The molecule has 2 aromatic rings. The first-order valence-corrected chi connectivity index (χ1v) is 6.66. The summed E-state index contributed by atoms with van der Waals surface area (Å²) >= 11 is 0. The average Bonchev–Trinajstić information content (AvgIpc) is 2.85. The number of aliphatic carboxylic acids is 1. The van der Waals surface area contributed by atoms with E-state index in [0.29, 0.717) is 18.4 Å². The number of hydrogen-bond acceptors (Lipinski definition) is 2. The molecule has 0 aliphatic rings. The zero-order valence-corrected chi connectivity index (χ0v) is 11.3. The van der Waals surface area contributed by atoms with Crippen molar-refractivity contribution in [3.8, 4) is 0 Å². The van der Waals surface area contributed by atoms with E-state index in [9.17, 15) is 9.59 Å². The minimum Gasteiger partial charge on any atom is -0.481 e. The molecule has 0 saturated heterocycles. The smallest absolute Gasteiger partial charge is 0.303 e. The molecule has 5 nitrogen and oxygen atoms in total. The van der Waals surface area contributed by atoms with E-state index >= 15 is 0 Å². The summed E-state index contributed by atoms with van der Waals surface area (Å²) in [6.45, 7) is 1.88. The summed E-state index contributed by atoms with van der Waals surface area (Å²) in [4.78, 5) is 25.6. The Kier molecular flexibility index (Phi) is 4.40. The molecule has 1 unspecified atom stereocenters. The Morgan fingerprint density at radius 1 is 1.35 bits per heavy atom. The first kappa shape index (κ1) is 14.1. The van der Waals surface area contributed by atoms with Gasteiger partial charge in [-0.2, -0.15) is 0 Å². The maximum absolute atomic E-state index is 12.1. The maximum Gasteiger partial charge on any atom is 0.303 e. The van der Waals surface area contributed by atoms with Crippen molar-refractivity contribution in [2.24, 2.45) is 0 Å². The fourth-order valence-corrected chi connectivity index (χ4v) is 2.13. The van der Waals surface area contributed by atoms with Gasteiger partial charge in [0.05, 0.1) is 0 Å². The third-order valence-electron chi connectivity index (χ3n) is 3.22. The van der Waals surface area contributed by atoms with Crippen LogP contribution in [0.2, 0.25) is 0 Å². The molecule has 0 fully saturated rings. The van der Waals surface area contributed by atoms with Crippen molar-refractivity contribution < 1.29 is 14.7 Å². The van der Waals surface area contributed by atoms with Gasteiger partial charge in [0.1, 0.15) is 0 Å². The number of rotatable bonds is 6. The van der Waals surface area contributed by atoms with E-state index in [0.717, 1.165) is 10.9 Å². The lowest BCUT2D eigenvalue weighted by Crippen LogP contribution is -2.32. The summed E-state index contributed by atoms with van der Waals surface area (Å²) in [6.07, 6.45) is 3.19. The standard InChI is InChI=1S/C15H18N2O3/c1-10(3-2-4-14(18)19)17-15(20)12-5-6-13-11(9-12)7-8-16-13/h5-10,16H,2-4H2,1H3,(H,17,20)(H,18,19). The Labute approximate surface area is 117 Å². The molecule has 0 spiro atoms. The van der Waals surface area contributed by atoms with E-state index in [1.54, 1.807) is 6.07 Å². The van der Waals surface area contributed by atoms with Gasteiger partial charge >= 0.3 is 5.97 Å². The monoisotopic (exact) mass is 274 g/mol. The van der Waals surface area contributed by atoms with Gasteiger partial charge in [0.15, 0.2) is 0 Å². The lowest BCUT2D eigenvalue weighted by atomic mass is 10.1. The van der Waals surface area contributed by atoms with Gasteiger partial charge in [-0.15, -0.1) is 0 Å². The summed E-state index contributed by atoms with van der Waals surface area (Å²) < 4.78 is 0. The second kappa shape index (κ2) is 6.23. The number of carboxylic acids is 1. The van der Waals surface area contributed by atoms with Crippen LogP contribution in [0.1, 0.15) is 36.5 Å². The van der Waals surface area contributed by atoms with Gasteiger partial charge in [0, 0.05) is 35.1 Å². The van der Waals surface area contributed by atoms with E-state index in [-0.39, 0.29) is 18.4 Å². The highest BCUT2D eigenvalue weighted by molar-refractivity contribution is 5.98. The first-order chi connectivity index (χ1) is 9.56. The summed E-state index contributed by atoms with van der Waals surface area (Å²) in [7, 11) is 0. The highest BCUT2D eigenvalue weighted by Gasteiger charge is 2.11. The molecule has 20 heavy (non-hydrogen) atoms. The van der Waals surface area contributed by atoms with E-state index in [1.165, 1.54) is 0 Å². The highest BCUT2D eigenvalue weighted by atomic mass is 16.4. The van der Waals surface area contributed by atoms with Crippen LogP contribution in [0.4, 0.5) is 0 Å². The summed E-state index contributed by atoms with van der Waals surface area (Å²) in [6, 6.07) is 7.37. The van der Waals surface area contributed by atoms with Crippen LogP contribution >= 0.6 is 0 Å². The zero-order valence-electron chi connectivity index (χ0n) is 11.3. The Morgan fingerprint density at radius 2 is 2.15 bits per heavy atom. The number of nitrogens with one attached hydrogen (secondary N) is 2. The molecule has 2 rings (SSSR count). The van der Waals surface area contributed by atoms with Gasteiger partial charge in [-0.25, -0.2) is 0 Å². The van der Waals surface area contributed by atoms with Crippen LogP contribution in [0.5, 0.6) is 0 Å². The third kappa shape index (κ3) is 3.60. The molecule has 0 saturated carbocycles. The molecule has 5 heteroatoms. The number of amides is 1. The third-order valence-corrected chi connectivity index (χ3v) is 3.22. The van der Waals surface area contributed by atoms with Gasteiger partial charge < -0.3 is 15.4 Å². The fraction of sp³-hybridized carbons (Fsp3) is 0.333. The predicted octanol–water partition coefficient (Wildman–Crippen LogP) is 2.54. The molecule has 1 atom stereocenters. The topological polar surface area (TPSA) is 82.2 Å². The molecular weight excluding hydrogens is 256 g/mol. The van der Waals surface area contributed by atoms with Crippen molar-refractivity contribution in [2.75, 3.05) is 0 Å². The average molecular weight is 274 g/mol. The minimum absolute atomic E-state index is 0.0382. The number of hydrogen-bond donors (Lipinski definition) is 3. The Hall–Kier alpha value is -2.30. The molecule has 1 aromatic carbocycles. The second-order valence-electron chi connectivity index (χ2n) is 4.94. The van der Waals surface area contributed by atoms with Gasteiger partial charge in [-0.3, -0.25) is 9.59 Å². The minimum atomic E-state index is -0.804. The van der Waals surface area contributed by atoms with E-state index in [1.807, 2.05) is 31.3 Å². The van der Waals surface area contributed by atoms with Gasteiger partial charge in [-0.05, 0) is 44.0 Å². The Balaban J connectivity index is 1.91. The number of carboxylic acid groups (broad SMARTS) is 1. The zero-order chi connectivity index (χ0) is 14.5. The SMILES string of the molecule is CC(CCCC(=O)O)NC(=O)c1ccc2[nH]ccc2c1. The first-order valence-electron chi connectivity index (χ1n) is 6.66. The van der Waals surface area contributed by atoms with Crippen LogP contribution in [0.3, 0.4) is 0 Å². The number of carbonyl (C=O) groups excluding carboxylic acids is 1. The Bertz CT molecular complexity index is 618. The normalized spacial score (nSPS) is 12.2. The molecule has 0 radical (unpaired) electrons. The number of fused-ring (bicyclic) bond motifs is 1. The van der Waals surface area contributed by atoms with Crippen LogP contribution in [0.25, 0.3) is 10.9 Å². The van der Waals surface area contributed by atoms with Crippen LogP contribution in [-0.4, -0.2) is 28.0 Å². The molecule has 1 amide bonds. The van der Waals surface area contributed by atoms with Gasteiger partial charge in [0.25, 0.3) is 5.91 Å². The van der Waals surface area contributed by atoms with Crippen molar-refractivity contribution in [1.29, 1.82) is 0 Å². The van der Waals surface area contributed by atoms with Crippen LogP contribution in [0, 0.1) is 0 Å². The molecule has 0 aliphatic heterocycles. The van der Waals surface area contributed by atoms with E-state index in [2.05, 4.69) is 10.3 Å². The lowest BCUT2D eigenvalue weighted by molar-refractivity contribution is -0.137. The summed E-state index contributed by atoms with van der Waals surface area (Å²) in [5, 5.41) is 12.5.